The Morgan fingerprint density at radius 1 is 1.33 bits per heavy atom. The summed E-state index contributed by atoms with van der Waals surface area (Å²) < 4.78 is 37.9. The van der Waals surface area contributed by atoms with Crippen LogP contribution in [0.2, 0.25) is 0 Å². The molecule has 0 fully saturated rings. The third-order valence-corrected chi connectivity index (χ3v) is 2.61. The maximum absolute atomic E-state index is 12.6. The van der Waals surface area contributed by atoms with E-state index in [0.717, 1.165) is 6.07 Å². The fraction of sp³-hybridized carbons (Fsp3) is 0.417. The van der Waals surface area contributed by atoms with Crippen molar-refractivity contribution in [1.82, 2.24) is 5.43 Å². The summed E-state index contributed by atoms with van der Waals surface area (Å²) in [5.41, 5.74) is 3.61. The van der Waals surface area contributed by atoms with Crippen LogP contribution in [0.4, 0.5) is 18.9 Å². The molecule has 0 aliphatic heterocycles. The molecule has 3 nitrogen and oxygen atoms in total. The van der Waals surface area contributed by atoms with Crippen LogP contribution in [-0.4, -0.2) is 5.91 Å². The second-order valence-electron chi connectivity index (χ2n) is 3.97. The predicted molar refractivity (Wildman–Crippen MR) is 62.7 cm³/mol. The van der Waals surface area contributed by atoms with Gasteiger partial charge in [-0.3, -0.25) is 15.6 Å². The number of carbonyl (C=O) groups excluding carboxylic acids is 1. The third-order valence-electron chi connectivity index (χ3n) is 2.61. The summed E-state index contributed by atoms with van der Waals surface area (Å²) in [7, 11) is 0. The lowest BCUT2D eigenvalue weighted by Gasteiger charge is -2.16. The molecule has 0 saturated heterocycles. The first-order chi connectivity index (χ1) is 8.36. The molecular weight excluding hydrogens is 245 g/mol. The number of para-hydroxylation sites is 1. The zero-order valence-corrected chi connectivity index (χ0v) is 10.1. The maximum atomic E-state index is 12.6. The van der Waals surface area contributed by atoms with Crippen molar-refractivity contribution >= 4 is 11.6 Å². The van der Waals surface area contributed by atoms with Gasteiger partial charge in [0.15, 0.2) is 0 Å². The van der Waals surface area contributed by atoms with Crippen LogP contribution in [0.25, 0.3) is 0 Å². The van der Waals surface area contributed by atoms with Crippen molar-refractivity contribution in [2.45, 2.75) is 26.4 Å². The van der Waals surface area contributed by atoms with Gasteiger partial charge in [-0.05, 0) is 18.6 Å². The summed E-state index contributed by atoms with van der Waals surface area (Å²) in [5.74, 6) is -0.593. The Kier molecular flexibility index (Phi) is 4.58. The number of hydrogen-bond acceptors (Lipinski definition) is 2. The number of amides is 1. The molecule has 18 heavy (non-hydrogen) atoms. The van der Waals surface area contributed by atoms with E-state index in [-0.39, 0.29) is 17.5 Å². The first-order valence-corrected chi connectivity index (χ1v) is 5.58. The summed E-state index contributed by atoms with van der Waals surface area (Å²) in [5, 5.41) is 0. The number of anilines is 1. The van der Waals surface area contributed by atoms with Gasteiger partial charge in [-0.25, -0.2) is 0 Å². The molecule has 0 spiro atoms. The van der Waals surface area contributed by atoms with Crippen molar-refractivity contribution in [3.63, 3.8) is 0 Å². The van der Waals surface area contributed by atoms with Crippen LogP contribution in [0.5, 0.6) is 0 Å². The average molecular weight is 260 g/mol. The summed E-state index contributed by atoms with van der Waals surface area (Å²) in [6.45, 7) is 3.53. The monoisotopic (exact) mass is 260 g/mol. The average Bonchev–Trinajstić information content (AvgIpc) is 2.34. The number of alkyl halides is 3. The molecular formula is C12H15F3N2O. The van der Waals surface area contributed by atoms with Gasteiger partial charge < -0.3 is 0 Å². The van der Waals surface area contributed by atoms with E-state index >= 15 is 0 Å². The van der Waals surface area contributed by atoms with E-state index in [1.807, 2.05) is 6.92 Å². The number of hydrazine groups is 1. The number of carbonyl (C=O) groups is 1. The van der Waals surface area contributed by atoms with E-state index in [1.165, 1.54) is 18.2 Å². The Bertz CT molecular complexity index is 418. The number of rotatable bonds is 4. The molecule has 1 aromatic carbocycles. The van der Waals surface area contributed by atoms with Crippen LogP contribution in [0.3, 0.4) is 0 Å². The molecule has 100 valence electrons. The van der Waals surface area contributed by atoms with Gasteiger partial charge in [-0.15, -0.1) is 0 Å². The highest BCUT2D eigenvalue weighted by Crippen LogP contribution is 2.34. The quantitative estimate of drug-likeness (QED) is 0.816. The van der Waals surface area contributed by atoms with Crippen molar-refractivity contribution in [3.8, 4) is 0 Å². The van der Waals surface area contributed by atoms with Gasteiger partial charge in [-0.2, -0.15) is 13.2 Å². The van der Waals surface area contributed by atoms with Gasteiger partial charge in [0, 0.05) is 5.92 Å². The highest BCUT2D eigenvalue weighted by molar-refractivity contribution is 5.79. The van der Waals surface area contributed by atoms with Crippen molar-refractivity contribution in [2.24, 2.45) is 5.92 Å². The maximum Gasteiger partial charge on any atom is 0.418 e. The van der Waals surface area contributed by atoms with Gasteiger partial charge in [0.25, 0.3) is 0 Å². The Labute approximate surface area is 103 Å². The zero-order valence-electron chi connectivity index (χ0n) is 10.1. The summed E-state index contributed by atoms with van der Waals surface area (Å²) in [4.78, 5) is 11.5. The summed E-state index contributed by atoms with van der Waals surface area (Å²) in [6, 6.07) is 4.98. The fourth-order valence-corrected chi connectivity index (χ4v) is 1.28. The smallest absolute Gasteiger partial charge is 0.298 e. The molecule has 0 aliphatic carbocycles. The van der Waals surface area contributed by atoms with Crippen molar-refractivity contribution in [3.05, 3.63) is 29.8 Å². The molecule has 6 heteroatoms. The van der Waals surface area contributed by atoms with E-state index in [1.54, 1.807) is 6.92 Å². The van der Waals surface area contributed by atoms with Crippen molar-refractivity contribution in [1.29, 1.82) is 0 Å². The van der Waals surface area contributed by atoms with Gasteiger partial charge in [0.1, 0.15) is 0 Å². The molecule has 0 saturated carbocycles. The number of halogens is 3. The largest absolute Gasteiger partial charge is 0.418 e. The first-order valence-electron chi connectivity index (χ1n) is 5.58. The van der Waals surface area contributed by atoms with Crippen molar-refractivity contribution < 1.29 is 18.0 Å². The standard InChI is InChI=1S/C12H15F3N2O/c1-3-8(2)11(18)17-16-10-7-5-4-6-9(10)12(13,14)15/h4-8,16H,3H2,1-2H3,(H,17,18). The lowest BCUT2D eigenvalue weighted by atomic mass is 10.1. The Hall–Kier alpha value is -1.72. The molecule has 2 N–H and O–H groups in total. The van der Waals surface area contributed by atoms with E-state index in [2.05, 4.69) is 10.9 Å². The number of hydrogen-bond donors (Lipinski definition) is 2. The fourth-order valence-electron chi connectivity index (χ4n) is 1.28. The van der Waals surface area contributed by atoms with Gasteiger partial charge >= 0.3 is 6.18 Å². The molecule has 1 rings (SSSR count). The number of nitrogens with one attached hydrogen (secondary N) is 2. The lowest BCUT2D eigenvalue weighted by molar-refractivity contribution is -0.137. The van der Waals surface area contributed by atoms with Gasteiger partial charge in [0.05, 0.1) is 11.3 Å². The van der Waals surface area contributed by atoms with Crippen LogP contribution in [0, 0.1) is 5.92 Å². The Morgan fingerprint density at radius 2 is 1.94 bits per heavy atom. The van der Waals surface area contributed by atoms with E-state index in [4.69, 9.17) is 0 Å². The molecule has 1 amide bonds. The molecule has 1 aromatic rings. The Morgan fingerprint density at radius 3 is 2.50 bits per heavy atom. The van der Waals surface area contributed by atoms with Crippen LogP contribution in [0.15, 0.2) is 24.3 Å². The normalized spacial score (nSPS) is 12.9. The molecule has 0 heterocycles. The Balaban J connectivity index is 2.77. The minimum atomic E-state index is -4.45. The molecule has 0 bridgehead atoms. The molecule has 1 atom stereocenters. The molecule has 0 aliphatic rings. The lowest BCUT2D eigenvalue weighted by Crippen LogP contribution is -2.34. The second kappa shape index (κ2) is 5.75. The van der Waals surface area contributed by atoms with Crippen LogP contribution >= 0.6 is 0 Å². The van der Waals surface area contributed by atoms with Crippen molar-refractivity contribution in [2.75, 3.05) is 5.43 Å². The highest BCUT2D eigenvalue weighted by atomic mass is 19.4. The second-order valence-corrected chi connectivity index (χ2v) is 3.97. The number of benzene rings is 1. The van der Waals surface area contributed by atoms with Gasteiger partial charge in [-0.1, -0.05) is 26.0 Å². The van der Waals surface area contributed by atoms with E-state index in [0.29, 0.717) is 6.42 Å². The molecule has 0 aromatic heterocycles. The van der Waals surface area contributed by atoms with Crippen LogP contribution in [-0.2, 0) is 11.0 Å². The zero-order chi connectivity index (χ0) is 13.8. The first kappa shape index (κ1) is 14.3. The summed E-state index contributed by atoms with van der Waals surface area (Å²) in [6.07, 6.45) is -3.83. The molecule has 0 radical (unpaired) electrons. The minimum absolute atomic E-state index is 0.165. The van der Waals surface area contributed by atoms with Crippen LogP contribution < -0.4 is 10.9 Å². The van der Waals surface area contributed by atoms with Crippen LogP contribution in [0.1, 0.15) is 25.8 Å². The minimum Gasteiger partial charge on any atom is -0.298 e. The molecule has 1 unspecified atom stereocenters. The topological polar surface area (TPSA) is 41.1 Å². The summed E-state index contributed by atoms with van der Waals surface area (Å²) >= 11 is 0. The SMILES string of the molecule is CCC(C)C(=O)NNc1ccccc1C(F)(F)F. The third kappa shape index (κ3) is 3.65. The predicted octanol–water partition coefficient (Wildman–Crippen LogP) is 3.19. The van der Waals surface area contributed by atoms with E-state index < -0.39 is 11.7 Å². The van der Waals surface area contributed by atoms with Gasteiger partial charge in [0.2, 0.25) is 5.91 Å². The van der Waals surface area contributed by atoms with E-state index in [9.17, 15) is 18.0 Å². The highest BCUT2D eigenvalue weighted by Gasteiger charge is 2.33.